The van der Waals surface area contributed by atoms with Crippen LogP contribution in [0.1, 0.15) is 38.5 Å². The Labute approximate surface area is 172 Å². The van der Waals surface area contributed by atoms with Crippen LogP contribution in [-0.4, -0.2) is 33.0 Å². The number of carbonyl (C=O) groups is 2. The lowest BCUT2D eigenvalue weighted by molar-refractivity contribution is 0.0745. The summed E-state index contributed by atoms with van der Waals surface area (Å²) in [5.74, 6) is -1.50. The second-order valence-corrected chi connectivity index (χ2v) is 7.12. The maximum Gasteiger partial charge on any atom is 0.272 e. The zero-order chi connectivity index (χ0) is 21.1. The summed E-state index contributed by atoms with van der Waals surface area (Å²) < 4.78 is 28.7. The van der Waals surface area contributed by atoms with Crippen molar-refractivity contribution >= 4 is 11.8 Å². The molecule has 0 radical (unpaired) electrons. The first-order chi connectivity index (χ1) is 14.5. The molecule has 0 fully saturated rings. The molecule has 2 aromatic carbocycles. The van der Waals surface area contributed by atoms with Crippen molar-refractivity contribution in [2.75, 3.05) is 6.54 Å². The number of nitrogens with one attached hydrogen (secondary N) is 1. The molecule has 30 heavy (non-hydrogen) atoms. The van der Waals surface area contributed by atoms with E-state index in [4.69, 9.17) is 0 Å². The fourth-order valence-corrected chi connectivity index (χ4v) is 3.46. The van der Waals surface area contributed by atoms with E-state index >= 15 is 0 Å². The molecular weight excluding hydrogens is 390 g/mol. The van der Waals surface area contributed by atoms with Crippen molar-refractivity contribution in [2.45, 2.75) is 26.1 Å². The van der Waals surface area contributed by atoms with Crippen molar-refractivity contribution in [1.29, 1.82) is 0 Å². The zero-order valence-corrected chi connectivity index (χ0v) is 16.1. The van der Waals surface area contributed by atoms with Crippen LogP contribution in [0.3, 0.4) is 0 Å². The second-order valence-electron chi connectivity index (χ2n) is 7.12. The highest BCUT2D eigenvalue weighted by Gasteiger charge is 2.26. The van der Waals surface area contributed by atoms with E-state index in [1.165, 1.54) is 28.9 Å². The number of nitrogens with zero attached hydrogens (tertiary/aromatic N) is 3. The van der Waals surface area contributed by atoms with Crippen molar-refractivity contribution in [3.63, 3.8) is 0 Å². The van der Waals surface area contributed by atoms with Gasteiger partial charge in [-0.15, -0.1) is 0 Å². The van der Waals surface area contributed by atoms with Gasteiger partial charge in [-0.1, -0.05) is 30.3 Å². The molecule has 1 aliphatic rings. The summed E-state index contributed by atoms with van der Waals surface area (Å²) in [5.41, 5.74) is 1.46. The van der Waals surface area contributed by atoms with Gasteiger partial charge in [0.2, 0.25) is 0 Å². The lowest BCUT2D eigenvalue weighted by Gasteiger charge is -2.20. The van der Waals surface area contributed by atoms with E-state index in [-0.39, 0.29) is 30.5 Å². The normalized spacial score (nSPS) is 13.7. The molecule has 1 N–H and O–H groups in total. The smallest absolute Gasteiger partial charge is 0.272 e. The minimum Gasteiger partial charge on any atom is -0.346 e. The number of amides is 2. The van der Waals surface area contributed by atoms with Crippen molar-refractivity contribution < 1.29 is 18.4 Å². The van der Waals surface area contributed by atoms with Crippen LogP contribution in [0.25, 0.3) is 0 Å². The maximum atomic E-state index is 13.7. The molecule has 0 saturated carbocycles. The van der Waals surface area contributed by atoms with Gasteiger partial charge in [0.1, 0.15) is 17.3 Å². The molecule has 0 saturated heterocycles. The third kappa shape index (κ3) is 4.22. The molecule has 0 aliphatic carbocycles. The summed E-state index contributed by atoms with van der Waals surface area (Å²) in [6.07, 6.45) is 0.659. The fourth-order valence-electron chi connectivity index (χ4n) is 3.46. The number of carbonyl (C=O) groups excluding carboxylic acids is 2. The van der Waals surface area contributed by atoms with Crippen molar-refractivity contribution in [3.05, 3.63) is 88.7 Å². The highest BCUT2D eigenvalue weighted by atomic mass is 19.1. The Morgan fingerprint density at radius 3 is 2.70 bits per heavy atom. The van der Waals surface area contributed by atoms with Gasteiger partial charge >= 0.3 is 0 Å². The summed E-state index contributed by atoms with van der Waals surface area (Å²) in [4.78, 5) is 27.1. The molecule has 0 bridgehead atoms. The lowest BCUT2D eigenvalue weighted by Crippen LogP contribution is -2.30. The van der Waals surface area contributed by atoms with Crippen LogP contribution < -0.4 is 5.32 Å². The van der Waals surface area contributed by atoms with Gasteiger partial charge in [0.25, 0.3) is 11.8 Å². The SMILES string of the molecule is O=C(NCc1ccccc1F)c1cc2n(n1)CCCN(Cc1cccc(F)c1)C2=O. The minimum absolute atomic E-state index is 0.0212. The molecule has 1 aromatic heterocycles. The number of aromatic nitrogens is 2. The summed E-state index contributed by atoms with van der Waals surface area (Å²) in [5, 5.41) is 6.89. The van der Waals surface area contributed by atoms with Gasteiger partial charge in [0, 0.05) is 37.8 Å². The van der Waals surface area contributed by atoms with Crippen molar-refractivity contribution in [3.8, 4) is 0 Å². The molecule has 3 aromatic rings. The Kier molecular flexibility index (Phi) is 5.56. The van der Waals surface area contributed by atoms with Crippen LogP contribution in [0.2, 0.25) is 0 Å². The van der Waals surface area contributed by atoms with Crippen LogP contribution in [0, 0.1) is 11.6 Å². The monoisotopic (exact) mass is 410 g/mol. The van der Waals surface area contributed by atoms with Crippen LogP contribution in [0.5, 0.6) is 0 Å². The highest BCUT2D eigenvalue weighted by Crippen LogP contribution is 2.17. The first-order valence-electron chi connectivity index (χ1n) is 9.64. The second kappa shape index (κ2) is 8.44. The van der Waals surface area contributed by atoms with Crippen molar-refractivity contribution in [1.82, 2.24) is 20.0 Å². The average molecular weight is 410 g/mol. The number of hydrogen-bond acceptors (Lipinski definition) is 3. The van der Waals surface area contributed by atoms with Crippen molar-refractivity contribution in [2.24, 2.45) is 0 Å². The minimum atomic E-state index is -0.483. The van der Waals surface area contributed by atoms with Crippen LogP contribution in [0.15, 0.2) is 54.6 Å². The van der Waals surface area contributed by atoms with E-state index in [9.17, 15) is 18.4 Å². The van der Waals surface area contributed by atoms with E-state index in [0.29, 0.717) is 36.3 Å². The zero-order valence-electron chi connectivity index (χ0n) is 16.1. The molecule has 2 amide bonds. The van der Waals surface area contributed by atoms with Crippen LogP contribution >= 0.6 is 0 Å². The molecule has 0 atom stereocenters. The predicted molar refractivity (Wildman–Crippen MR) is 106 cm³/mol. The maximum absolute atomic E-state index is 13.7. The summed E-state index contributed by atoms with van der Waals surface area (Å²) in [6.45, 7) is 1.29. The van der Waals surface area contributed by atoms with E-state index in [1.807, 2.05) is 0 Å². The number of halogens is 2. The van der Waals surface area contributed by atoms with Gasteiger partial charge in [-0.2, -0.15) is 5.10 Å². The highest BCUT2D eigenvalue weighted by molar-refractivity contribution is 5.98. The number of fused-ring (bicyclic) bond motifs is 1. The summed E-state index contributed by atoms with van der Waals surface area (Å²) in [6, 6.07) is 13.8. The van der Waals surface area contributed by atoms with E-state index < -0.39 is 11.7 Å². The van der Waals surface area contributed by atoms with E-state index in [1.54, 1.807) is 35.2 Å². The lowest BCUT2D eigenvalue weighted by atomic mass is 10.2. The van der Waals surface area contributed by atoms with Gasteiger partial charge in [-0.05, 0) is 30.2 Å². The molecule has 2 heterocycles. The third-order valence-corrected chi connectivity index (χ3v) is 4.98. The van der Waals surface area contributed by atoms with E-state index in [0.717, 1.165) is 0 Å². The van der Waals surface area contributed by atoms with Crippen LogP contribution in [-0.2, 0) is 19.6 Å². The Morgan fingerprint density at radius 2 is 1.90 bits per heavy atom. The quantitative estimate of drug-likeness (QED) is 0.703. The fraction of sp³-hybridized carbons (Fsp3) is 0.227. The van der Waals surface area contributed by atoms with Gasteiger partial charge in [-0.25, -0.2) is 8.78 Å². The molecular formula is C22H20F2N4O2. The molecule has 154 valence electrons. The predicted octanol–water partition coefficient (Wildman–Crippen LogP) is 3.14. The van der Waals surface area contributed by atoms with Gasteiger partial charge in [-0.3, -0.25) is 14.3 Å². The molecule has 1 aliphatic heterocycles. The molecule has 0 spiro atoms. The molecule has 8 heteroatoms. The van der Waals surface area contributed by atoms with E-state index in [2.05, 4.69) is 10.4 Å². The Bertz CT molecular complexity index is 1100. The number of hydrogen-bond donors (Lipinski definition) is 1. The van der Waals surface area contributed by atoms with Gasteiger partial charge < -0.3 is 10.2 Å². The summed E-state index contributed by atoms with van der Waals surface area (Å²) in [7, 11) is 0. The number of rotatable bonds is 5. The molecule has 6 nitrogen and oxygen atoms in total. The number of benzene rings is 2. The number of aryl methyl sites for hydroxylation is 1. The Hall–Kier alpha value is -3.55. The van der Waals surface area contributed by atoms with Crippen LogP contribution in [0.4, 0.5) is 8.78 Å². The van der Waals surface area contributed by atoms with Gasteiger partial charge in [0.05, 0.1) is 0 Å². The largest absolute Gasteiger partial charge is 0.346 e. The first-order valence-corrected chi connectivity index (χ1v) is 9.64. The Balaban J connectivity index is 1.48. The summed E-state index contributed by atoms with van der Waals surface area (Å²) >= 11 is 0. The Morgan fingerprint density at radius 1 is 1.07 bits per heavy atom. The standard InChI is InChI=1S/C22H20F2N4O2/c23-17-7-3-5-15(11-17)14-27-9-4-10-28-20(22(27)30)12-19(26-28)21(29)25-13-16-6-1-2-8-18(16)24/h1-3,5-8,11-12H,4,9-10,13-14H2,(H,25,29). The average Bonchev–Trinajstić information content (AvgIpc) is 3.10. The topological polar surface area (TPSA) is 67.2 Å². The first kappa shape index (κ1) is 19.8. The van der Waals surface area contributed by atoms with Gasteiger partial charge in [0.15, 0.2) is 5.69 Å². The molecule has 4 rings (SSSR count). The molecule has 0 unspecified atom stereocenters. The third-order valence-electron chi connectivity index (χ3n) is 4.98.